The van der Waals surface area contributed by atoms with Crippen LogP contribution in [0.1, 0.15) is 44.6 Å². The predicted octanol–water partition coefficient (Wildman–Crippen LogP) is 2.57. The van der Waals surface area contributed by atoms with Gasteiger partial charge in [-0.3, -0.25) is 24.1 Å². The number of imide groups is 1. The molecule has 0 unspecified atom stereocenters. The fourth-order valence-corrected chi connectivity index (χ4v) is 4.62. The molecule has 2 fully saturated rings. The molecule has 3 rings (SSSR count). The second kappa shape index (κ2) is 8.03. The number of amides is 3. The lowest BCUT2D eigenvalue weighted by molar-refractivity contribution is -0.142. The summed E-state index contributed by atoms with van der Waals surface area (Å²) in [6.07, 6.45) is 1.79. The van der Waals surface area contributed by atoms with Gasteiger partial charge in [0.05, 0.1) is 5.41 Å². The lowest BCUT2D eigenvalue weighted by Gasteiger charge is -2.35. The molecule has 0 N–H and O–H groups in total. The maximum absolute atomic E-state index is 13.1. The highest BCUT2D eigenvalue weighted by Crippen LogP contribution is 2.42. The number of carbonyl (C=O) groups is 4. The van der Waals surface area contributed by atoms with E-state index in [1.807, 2.05) is 6.92 Å². The number of hydrogen-bond donors (Lipinski definition) is 0. The Bertz CT molecular complexity index is 824. The Balaban J connectivity index is 1.90. The van der Waals surface area contributed by atoms with Gasteiger partial charge in [-0.15, -0.1) is 0 Å². The molecule has 0 radical (unpaired) electrons. The number of carbonyl (C=O) groups excluding carboxylic acids is 4. The molecule has 1 aromatic carbocycles. The number of ketones is 1. The van der Waals surface area contributed by atoms with E-state index in [9.17, 15) is 19.2 Å². The largest absolute Gasteiger partial charge is 0.342 e. The van der Waals surface area contributed by atoms with E-state index in [2.05, 4.69) is 0 Å². The van der Waals surface area contributed by atoms with Crippen LogP contribution in [-0.4, -0.2) is 53.4 Å². The van der Waals surface area contributed by atoms with Crippen molar-refractivity contribution in [3.05, 3.63) is 34.9 Å². The second-order valence-corrected chi connectivity index (χ2v) is 8.08. The van der Waals surface area contributed by atoms with Crippen molar-refractivity contribution < 1.29 is 19.2 Å². The number of piperidine rings is 1. The van der Waals surface area contributed by atoms with Crippen LogP contribution in [0.3, 0.4) is 0 Å². The van der Waals surface area contributed by atoms with Gasteiger partial charge in [0.2, 0.25) is 17.7 Å². The van der Waals surface area contributed by atoms with Crippen molar-refractivity contribution in [2.75, 3.05) is 20.1 Å². The Morgan fingerprint density at radius 3 is 2.57 bits per heavy atom. The molecule has 0 bridgehead atoms. The van der Waals surface area contributed by atoms with E-state index in [-0.39, 0.29) is 36.4 Å². The molecule has 3 amide bonds. The highest BCUT2D eigenvalue weighted by Gasteiger charge is 2.53. The van der Waals surface area contributed by atoms with Crippen molar-refractivity contribution in [3.8, 4) is 0 Å². The summed E-state index contributed by atoms with van der Waals surface area (Å²) < 4.78 is 0. The van der Waals surface area contributed by atoms with Gasteiger partial charge >= 0.3 is 0 Å². The summed E-state index contributed by atoms with van der Waals surface area (Å²) >= 11 is 6.36. The Morgan fingerprint density at radius 1 is 1.25 bits per heavy atom. The molecule has 2 saturated heterocycles. The molecule has 0 spiro atoms. The summed E-state index contributed by atoms with van der Waals surface area (Å²) in [5, 5.41) is 0.365. The van der Waals surface area contributed by atoms with Crippen molar-refractivity contribution in [3.63, 3.8) is 0 Å². The van der Waals surface area contributed by atoms with Crippen molar-refractivity contribution in [2.45, 2.75) is 44.4 Å². The number of likely N-dealkylation sites (N-methyl/N-ethyl adjacent to an activating group) is 1. The third kappa shape index (κ3) is 3.58. The van der Waals surface area contributed by atoms with E-state index in [0.29, 0.717) is 30.1 Å². The maximum Gasteiger partial charge on any atom is 0.240 e. The first-order valence-electron chi connectivity index (χ1n) is 9.66. The van der Waals surface area contributed by atoms with Crippen molar-refractivity contribution in [1.82, 2.24) is 9.80 Å². The Morgan fingerprint density at radius 2 is 1.96 bits per heavy atom. The number of Topliss-reactive ketones (excluding diaryl/α,β-unsaturated/α-hetero) is 1. The van der Waals surface area contributed by atoms with Crippen molar-refractivity contribution >= 4 is 35.1 Å². The highest BCUT2D eigenvalue weighted by molar-refractivity contribution is 6.32. The molecule has 150 valence electrons. The molecule has 6 nitrogen and oxygen atoms in total. The zero-order valence-corrected chi connectivity index (χ0v) is 17.0. The standard InChI is InChI=1S/C21H25ClN2O4/c1-3-17(25)14-7-6-10-24(13-14)19(27)12-21(11-18(26)23(2)20(21)28)15-8-4-5-9-16(15)22/h4-5,8-9,14H,3,6-7,10-13H2,1-2H3/t14-,21+/m0/s1. The molecule has 2 heterocycles. The molecule has 2 aliphatic rings. The summed E-state index contributed by atoms with van der Waals surface area (Å²) in [5.74, 6) is -0.940. The number of halogens is 1. The molecular formula is C21H25ClN2O4. The number of rotatable bonds is 5. The van der Waals surface area contributed by atoms with Gasteiger partial charge in [0.1, 0.15) is 5.78 Å². The van der Waals surface area contributed by atoms with Crippen LogP contribution in [0.15, 0.2) is 24.3 Å². The first kappa shape index (κ1) is 20.5. The normalized spacial score (nSPS) is 25.3. The second-order valence-electron chi connectivity index (χ2n) is 7.67. The first-order chi connectivity index (χ1) is 13.3. The van der Waals surface area contributed by atoms with Gasteiger partial charge in [-0.25, -0.2) is 0 Å². The highest BCUT2D eigenvalue weighted by atomic mass is 35.5. The molecule has 1 aromatic rings. The SMILES string of the molecule is CCC(=O)[C@H]1CCCN(C(=O)C[C@@]2(c3ccccc3Cl)CC(=O)N(C)C2=O)C1. The summed E-state index contributed by atoms with van der Waals surface area (Å²) in [5.41, 5.74) is -0.783. The zero-order chi connectivity index (χ0) is 20.5. The van der Waals surface area contributed by atoms with Crippen molar-refractivity contribution in [1.29, 1.82) is 0 Å². The molecule has 7 heteroatoms. The zero-order valence-electron chi connectivity index (χ0n) is 16.2. The van der Waals surface area contributed by atoms with Crippen molar-refractivity contribution in [2.24, 2.45) is 5.92 Å². The average molecular weight is 405 g/mol. The van der Waals surface area contributed by atoms with Crippen LogP contribution in [0.25, 0.3) is 0 Å². The van der Waals surface area contributed by atoms with Crippen LogP contribution in [0, 0.1) is 5.92 Å². The molecule has 0 saturated carbocycles. The van der Waals surface area contributed by atoms with Gasteiger partial charge in [0.15, 0.2) is 0 Å². The molecule has 28 heavy (non-hydrogen) atoms. The third-order valence-corrected chi connectivity index (χ3v) is 6.29. The topological polar surface area (TPSA) is 74.8 Å². The summed E-state index contributed by atoms with van der Waals surface area (Å²) in [4.78, 5) is 53.3. The van der Waals surface area contributed by atoms with Crippen LogP contribution in [0.4, 0.5) is 0 Å². The predicted molar refractivity (Wildman–Crippen MR) is 105 cm³/mol. The number of hydrogen-bond acceptors (Lipinski definition) is 4. The van der Waals surface area contributed by atoms with Gasteiger partial charge < -0.3 is 4.90 Å². The van der Waals surface area contributed by atoms with E-state index >= 15 is 0 Å². The Kier molecular flexibility index (Phi) is 5.89. The fraction of sp³-hybridized carbons (Fsp3) is 0.524. The van der Waals surface area contributed by atoms with Gasteiger partial charge in [-0.05, 0) is 24.5 Å². The molecule has 2 atom stereocenters. The fourth-order valence-electron chi connectivity index (χ4n) is 4.30. The third-order valence-electron chi connectivity index (χ3n) is 5.96. The minimum atomic E-state index is -1.29. The Hall–Kier alpha value is -2.21. The number of benzene rings is 1. The van der Waals surface area contributed by atoms with Crippen LogP contribution in [0.2, 0.25) is 5.02 Å². The monoisotopic (exact) mass is 404 g/mol. The lowest BCUT2D eigenvalue weighted by Crippen LogP contribution is -2.46. The van der Waals surface area contributed by atoms with Gasteiger partial charge in [0, 0.05) is 50.3 Å². The number of likely N-dealkylation sites (tertiary alicyclic amines) is 2. The molecule has 0 aliphatic carbocycles. The number of nitrogens with zero attached hydrogens (tertiary/aromatic N) is 2. The van der Waals surface area contributed by atoms with Crippen LogP contribution < -0.4 is 0 Å². The van der Waals surface area contributed by atoms with E-state index in [4.69, 9.17) is 11.6 Å². The van der Waals surface area contributed by atoms with Crippen LogP contribution >= 0.6 is 11.6 Å². The lowest BCUT2D eigenvalue weighted by atomic mass is 9.75. The quantitative estimate of drug-likeness (QED) is 0.707. The van der Waals surface area contributed by atoms with Gasteiger partial charge in [-0.2, -0.15) is 0 Å². The van der Waals surface area contributed by atoms with E-state index < -0.39 is 11.3 Å². The Labute approximate surface area is 169 Å². The molecular weight excluding hydrogens is 380 g/mol. The van der Waals surface area contributed by atoms with Crippen LogP contribution in [0.5, 0.6) is 0 Å². The first-order valence-corrected chi connectivity index (χ1v) is 10.0. The van der Waals surface area contributed by atoms with Gasteiger partial charge in [0.25, 0.3) is 0 Å². The molecule has 2 aliphatic heterocycles. The average Bonchev–Trinajstić information content (AvgIpc) is 2.92. The smallest absolute Gasteiger partial charge is 0.240 e. The summed E-state index contributed by atoms with van der Waals surface area (Å²) in [6, 6.07) is 6.87. The minimum absolute atomic E-state index is 0.0804. The summed E-state index contributed by atoms with van der Waals surface area (Å²) in [6.45, 7) is 2.76. The van der Waals surface area contributed by atoms with Crippen LogP contribution in [-0.2, 0) is 24.6 Å². The maximum atomic E-state index is 13.1. The van der Waals surface area contributed by atoms with E-state index in [1.165, 1.54) is 7.05 Å². The van der Waals surface area contributed by atoms with E-state index in [1.54, 1.807) is 29.2 Å². The van der Waals surface area contributed by atoms with Gasteiger partial charge in [-0.1, -0.05) is 36.7 Å². The molecule has 0 aromatic heterocycles. The minimum Gasteiger partial charge on any atom is -0.342 e. The van der Waals surface area contributed by atoms with E-state index in [0.717, 1.165) is 17.7 Å². The summed E-state index contributed by atoms with van der Waals surface area (Å²) in [7, 11) is 1.44.